The predicted molar refractivity (Wildman–Crippen MR) is 86.4 cm³/mol. The topological polar surface area (TPSA) is 70.8 Å². The predicted octanol–water partition coefficient (Wildman–Crippen LogP) is 2.28. The van der Waals surface area contributed by atoms with Gasteiger partial charge in [0.05, 0.1) is 12.6 Å². The van der Waals surface area contributed by atoms with E-state index in [4.69, 9.17) is 19.9 Å². The summed E-state index contributed by atoms with van der Waals surface area (Å²) in [6.45, 7) is 2.92. The van der Waals surface area contributed by atoms with Crippen LogP contribution in [0.15, 0.2) is 24.3 Å². The van der Waals surface area contributed by atoms with Crippen LogP contribution < -0.4 is 10.5 Å². The maximum atomic E-state index is 12.8. The van der Waals surface area contributed by atoms with Crippen LogP contribution in [0, 0.1) is 5.92 Å². The number of ketones is 1. The Balaban J connectivity index is 2.91. The number of rotatable bonds is 10. The Hall–Kier alpha value is -1.43. The Morgan fingerprint density at radius 3 is 2.00 bits per heavy atom. The van der Waals surface area contributed by atoms with Crippen molar-refractivity contribution >= 4 is 5.78 Å². The molecular weight excluding hydrogens is 282 g/mol. The second-order valence-corrected chi connectivity index (χ2v) is 5.60. The zero-order valence-corrected chi connectivity index (χ0v) is 13.9. The number of carbonyl (C=O) groups excluding carboxylic acids is 1. The van der Waals surface area contributed by atoms with Crippen LogP contribution in [-0.4, -0.2) is 45.9 Å². The van der Waals surface area contributed by atoms with Crippen LogP contribution in [0.5, 0.6) is 5.75 Å². The van der Waals surface area contributed by atoms with E-state index >= 15 is 0 Å². The first kappa shape index (κ1) is 18.6. The van der Waals surface area contributed by atoms with Crippen LogP contribution in [-0.2, 0) is 9.47 Å². The van der Waals surface area contributed by atoms with Crippen molar-refractivity contribution in [2.24, 2.45) is 11.7 Å². The Bertz CT molecular complexity index is 448. The molecular formula is C17H27NO4. The first-order valence-electron chi connectivity index (χ1n) is 7.43. The molecule has 1 atom stereocenters. The fraction of sp³-hybridized carbons (Fsp3) is 0.588. The van der Waals surface area contributed by atoms with Crippen molar-refractivity contribution in [3.05, 3.63) is 29.8 Å². The van der Waals surface area contributed by atoms with Gasteiger partial charge in [0.25, 0.3) is 0 Å². The van der Waals surface area contributed by atoms with E-state index in [1.807, 2.05) is 0 Å². The molecule has 0 bridgehead atoms. The summed E-state index contributed by atoms with van der Waals surface area (Å²) in [6, 6.07) is 7.03. The molecule has 0 spiro atoms. The molecule has 5 nitrogen and oxygen atoms in total. The molecule has 0 saturated heterocycles. The minimum Gasteiger partial charge on any atom is -0.497 e. The van der Waals surface area contributed by atoms with Crippen LogP contribution in [0.4, 0.5) is 0 Å². The van der Waals surface area contributed by atoms with E-state index in [1.165, 1.54) is 0 Å². The molecule has 0 radical (unpaired) electrons. The van der Waals surface area contributed by atoms with Crippen molar-refractivity contribution in [2.75, 3.05) is 34.5 Å². The van der Waals surface area contributed by atoms with Crippen molar-refractivity contribution in [3.63, 3.8) is 0 Å². The highest BCUT2D eigenvalue weighted by molar-refractivity contribution is 6.03. The third-order valence-corrected chi connectivity index (χ3v) is 4.03. The zero-order valence-electron chi connectivity index (χ0n) is 13.9. The van der Waals surface area contributed by atoms with Crippen LogP contribution in [0.25, 0.3) is 0 Å². The number of methoxy groups -OCH3 is 3. The lowest BCUT2D eigenvalue weighted by atomic mass is 9.77. The zero-order chi connectivity index (χ0) is 16.6. The van der Waals surface area contributed by atoms with Crippen LogP contribution >= 0.6 is 0 Å². The molecule has 1 unspecified atom stereocenters. The molecule has 22 heavy (non-hydrogen) atoms. The fourth-order valence-corrected chi connectivity index (χ4v) is 2.50. The van der Waals surface area contributed by atoms with E-state index < -0.39 is 5.54 Å². The van der Waals surface area contributed by atoms with Crippen LogP contribution in [0.2, 0.25) is 0 Å². The second kappa shape index (κ2) is 8.88. The molecule has 0 fully saturated rings. The lowest BCUT2D eigenvalue weighted by Gasteiger charge is -2.33. The largest absolute Gasteiger partial charge is 0.497 e. The van der Waals surface area contributed by atoms with Crippen molar-refractivity contribution in [3.8, 4) is 5.75 Å². The summed E-state index contributed by atoms with van der Waals surface area (Å²) in [5.74, 6) is 0.625. The SMILES string of the molecule is COCCC(CCOC)C(C)(N)C(=O)c1ccc(OC)cc1. The normalized spacial score (nSPS) is 13.9. The van der Waals surface area contributed by atoms with Gasteiger partial charge in [0.1, 0.15) is 5.75 Å². The van der Waals surface area contributed by atoms with Crippen LogP contribution in [0.3, 0.4) is 0 Å². The number of benzene rings is 1. The van der Waals surface area contributed by atoms with Gasteiger partial charge in [-0.25, -0.2) is 0 Å². The van der Waals surface area contributed by atoms with Crippen molar-refractivity contribution in [2.45, 2.75) is 25.3 Å². The molecule has 1 aromatic rings. The first-order valence-corrected chi connectivity index (χ1v) is 7.43. The highest BCUT2D eigenvalue weighted by Gasteiger charge is 2.37. The molecule has 124 valence electrons. The Kier molecular flexibility index (Phi) is 7.51. The second-order valence-electron chi connectivity index (χ2n) is 5.60. The molecule has 0 saturated carbocycles. The summed E-state index contributed by atoms with van der Waals surface area (Å²) >= 11 is 0. The highest BCUT2D eigenvalue weighted by Crippen LogP contribution is 2.27. The number of hydrogen-bond acceptors (Lipinski definition) is 5. The molecule has 1 rings (SSSR count). The average Bonchev–Trinajstić information content (AvgIpc) is 2.54. The van der Waals surface area contributed by atoms with Crippen molar-refractivity contribution in [1.29, 1.82) is 0 Å². The van der Waals surface area contributed by atoms with Gasteiger partial charge < -0.3 is 19.9 Å². The third kappa shape index (κ3) is 4.80. The Morgan fingerprint density at radius 2 is 1.59 bits per heavy atom. The summed E-state index contributed by atoms with van der Waals surface area (Å²) in [7, 11) is 4.88. The van der Waals surface area contributed by atoms with Gasteiger partial charge in [-0.3, -0.25) is 4.79 Å². The summed E-state index contributed by atoms with van der Waals surface area (Å²) in [6.07, 6.45) is 1.43. The summed E-state index contributed by atoms with van der Waals surface area (Å²) in [5.41, 5.74) is 6.02. The number of ether oxygens (including phenoxy) is 3. The molecule has 5 heteroatoms. The molecule has 0 aliphatic rings. The fourth-order valence-electron chi connectivity index (χ4n) is 2.50. The van der Waals surface area contributed by atoms with Crippen LogP contribution in [0.1, 0.15) is 30.1 Å². The van der Waals surface area contributed by atoms with E-state index in [1.54, 1.807) is 52.5 Å². The smallest absolute Gasteiger partial charge is 0.182 e. The Labute approximate surface area is 132 Å². The molecule has 0 aromatic heterocycles. The van der Waals surface area contributed by atoms with Gasteiger partial charge in [0.2, 0.25) is 0 Å². The first-order chi connectivity index (χ1) is 10.5. The molecule has 0 heterocycles. The van der Waals surface area contributed by atoms with Gasteiger partial charge in [-0.15, -0.1) is 0 Å². The maximum absolute atomic E-state index is 12.8. The highest BCUT2D eigenvalue weighted by atomic mass is 16.5. The minimum absolute atomic E-state index is 0.0120. The summed E-state index contributed by atoms with van der Waals surface area (Å²) < 4.78 is 15.4. The van der Waals surface area contributed by atoms with E-state index in [2.05, 4.69) is 0 Å². The maximum Gasteiger partial charge on any atom is 0.182 e. The minimum atomic E-state index is -0.967. The van der Waals surface area contributed by atoms with Gasteiger partial charge in [-0.1, -0.05) is 0 Å². The van der Waals surface area contributed by atoms with Gasteiger partial charge in [-0.2, -0.15) is 0 Å². The molecule has 0 aliphatic heterocycles. The number of Topliss-reactive ketones (excluding diaryl/α,β-unsaturated/α-hetero) is 1. The monoisotopic (exact) mass is 309 g/mol. The van der Waals surface area contributed by atoms with Gasteiger partial charge >= 0.3 is 0 Å². The van der Waals surface area contributed by atoms with Crippen molar-refractivity contribution < 1.29 is 19.0 Å². The van der Waals surface area contributed by atoms with Gasteiger partial charge in [0.15, 0.2) is 5.78 Å². The summed E-state index contributed by atoms with van der Waals surface area (Å²) in [4.78, 5) is 12.8. The number of hydrogen-bond donors (Lipinski definition) is 1. The van der Waals surface area contributed by atoms with Gasteiger partial charge in [0, 0.05) is 33.0 Å². The van der Waals surface area contributed by atoms with E-state index in [-0.39, 0.29) is 11.7 Å². The Morgan fingerprint density at radius 1 is 1.09 bits per heavy atom. The van der Waals surface area contributed by atoms with Crippen molar-refractivity contribution in [1.82, 2.24) is 0 Å². The number of nitrogens with two attached hydrogens (primary N) is 1. The molecule has 0 amide bonds. The summed E-state index contributed by atoms with van der Waals surface area (Å²) in [5, 5.41) is 0. The molecule has 2 N–H and O–H groups in total. The molecule has 1 aromatic carbocycles. The van der Waals surface area contributed by atoms with E-state index in [9.17, 15) is 4.79 Å². The number of carbonyl (C=O) groups is 1. The lowest BCUT2D eigenvalue weighted by molar-refractivity contribution is 0.0749. The van der Waals surface area contributed by atoms with E-state index in [0.29, 0.717) is 24.5 Å². The van der Waals surface area contributed by atoms with Gasteiger partial charge in [-0.05, 0) is 49.9 Å². The average molecular weight is 309 g/mol. The quantitative estimate of drug-likeness (QED) is 0.671. The standard InChI is InChI=1S/C17H27NO4/c1-17(18,14(9-11-20-2)10-12-21-3)16(19)13-5-7-15(22-4)8-6-13/h5-8,14H,9-12,18H2,1-4H3. The molecule has 0 aliphatic carbocycles. The van der Waals surface area contributed by atoms with E-state index in [0.717, 1.165) is 12.8 Å². The lowest BCUT2D eigenvalue weighted by Crippen LogP contribution is -2.52. The third-order valence-electron chi connectivity index (χ3n) is 4.03.